The maximum absolute atomic E-state index is 12.5. The first-order valence-electron chi connectivity index (χ1n) is 11.0. The molecule has 30 heavy (non-hydrogen) atoms. The molecule has 1 N–H and O–H groups in total. The van der Waals surface area contributed by atoms with E-state index in [2.05, 4.69) is 28.7 Å². The smallest absolute Gasteiger partial charge is 0.239 e. The SMILES string of the molecule is COc1ccc(CCN2CCN(C(=O)CS(=O)(=O)NC3CCC(C)CC3)CC2)cc1. The van der Waals surface area contributed by atoms with Crippen LogP contribution >= 0.6 is 0 Å². The number of nitrogens with zero attached hydrogens (tertiary/aromatic N) is 2. The minimum Gasteiger partial charge on any atom is -0.497 e. The molecule has 168 valence electrons. The molecule has 1 aliphatic heterocycles. The van der Waals surface area contributed by atoms with E-state index in [-0.39, 0.29) is 11.9 Å². The fourth-order valence-electron chi connectivity index (χ4n) is 4.23. The van der Waals surface area contributed by atoms with Crippen LogP contribution in [0.4, 0.5) is 0 Å². The number of amides is 1. The fraction of sp³-hybridized carbons (Fsp3) is 0.682. The number of benzene rings is 1. The third-order valence-electron chi connectivity index (χ3n) is 6.28. The average Bonchev–Trinajstić information content (AvgIpc) is 2.74. The van der Waals surface area contributed by atoms with Crippen LogP contribution in [-0.4, -0.2) is 75.8 Å². The number of carbonyl (C=O) groups excluding carboxylic acids is 1. The molecule has 0 radical (unpaired) electrons. The fourth-order valence-corrected chi connectivity index (χ4v) is 5.56. The molecule has 1 heterocycles. The molecule has 8 heteroatoms. The van der Waals surface area contributed by atoms with Crippen molar-refractivity contribution in [3.05, 3.63) is 29.8 Å². The van der Waals surface area contributed by atoms with Gasteiger partial charge in [-0.2, -0.15) is 0 Å². The Bertz CT molecular complexity index is 781. The number of hydrogen-bond acceptors (Lipinski definition) is 5. The topological polar surface area (TPSA) is 79.0 Å². The molecule has 0 spiro atoms. The summed E-state index contributed by atoms with van der Waals surface area (Å²) in [6.07, 6.45) is 4.75. The largest absolute Gasteiger partial charge is 0.497 e. The van der Waals surface area contributed by atoms with Crippen LogP contribution in [0.5, 0.6) is 5.75 Å². The van der Waals surface area contributed by atoms with Gasteiger partial charge in [-0.3, -0.25) is 9.69 Å². The molecule has 1 aromatic rings. The van der Waals surface area contributed by atoms with Gasteiger partial charge in [0.25, 0.3) is 0 Å². The number of ether oxygens (including phenoxy) is 1. The number of nitrogens with one attached hydrogen (secondary N) is 1. The molecular formula is C22H35N3O4S. The predicted molar refractivity (Wildman–Crippen MR) is 118 cm³/mol. The van der Waals surface area contributed by atoms with Gasteiger partial charge in [0.1, 0.15) is 11.5 Å². The van der Waals surface area contributed by atoms with Crippen LogP contribution < -0.4 is 9.46 Å². The quantitative estimate of drug-likeness (QED) is 0.672. The standard InChI is InChI=1S/C22H35N3O4S/c1-18-3-7-20(8-4-18)23-30(27,28)17-22(26)25-15-13-24(14-16-25)12-11-19-5-9-21(29-2)10-6-19/h5-6,9-10,18,20,23H,3-4,7-8,11-17H2,1-2H3. The van der Waals surface area contributed by atoms with Gasteiger partial charge in [-0.05, 0) is 55.7 Å². The summed E-state index contributed by atoms with van der Waals surface area (Å²) in [5.41, 5.74) is 1.25. The highest BCUT2D eigenvalue weighted by atomic mass is 32.2. The molecule has 7 nitrogen and oxygen atoms in total. The third-order valence-corrected chi connectivity index (χ3v) is 7.60. The van der Waals surface area contributed by atoms with Gasteiger partial charge in [0.15, 0.2) is 0 Å². The van der Waals surface area contributed by atoms with Crippen molar-refractivity contribution >= 4 is 15.9 Å². The highest BCUT2D eigenvalue weighted by molar-refractivity contribution is 7.90. The molecule has 1 aliphatic carbocycles. The molecule has 3 rings (SSSR count). The van der Waals surface area contributed by atoms with Crippen molar-refractivity contribution in [1.29, 1.82) is 0 Å². The summed E-state index contributed by atoms with van der Waals surface area (Å²) in [5, 5.41) is 0. The Hall–Kier alpha value is -1.64. The van der Waals surface area contributed by atoms with E-state index in [1.807, 2.05) is 12.1 Å². The van der Waals surface area contributed by atoms with Crippen molar-refractivity contribution in [2.24, 2.45) is 5.92 Å². The van der Waals surface area contributed by atoms with Crippen molar-refractivity contribution in [3.8, 4) is 5.75 Å². The highest BCUT2D eigenvalue weighted by Crippen LogP contribution is 2.24. The molecule has 0 bridgehead atoms. The van der Waals surface area contributed by atoms with E-state index >= 15 is 0 Å². The van der Waals surface area contributed by atoms with E-state index in [0.29, 0.717) is 19.0 Å². The minimum atomic E-state index is -3.58. The second-order valence-corrected chi connectivity index (χ2v) is 10.4. The number of carbonyl (C=O) groups is 1. The molecular weight excluding hydrogens is 402 g/mol. The van der Waals surface area contributed by atoms with E-state index in [4.69, 9.17) is 4.74 Å². The first-order chi connectivity index (χ1) is 14.3. The maximum atomic E-state index is 12.5. The number of sulfonamides is 1. The van der Waals surface area contributed by atoms with Gasteiger partial charge in [0.05, 0.1) is 7.11 Å². The average molecular weight is 438 g/mol. The summed E-state index contributed by atoms with van der Waals surface area (Å²) in [4.78, 5) is 16.5. The van der Waals surface area contributed by atoms with Gasteiger partial charge in [-0.15, -0.1) is 0 Å². The first kappa shape index (κ1) is 23.0. The van der Waals surface area contributed by atoms with E-state index in [0.717, 1.165) is 57.5 Å². The van der Waals surface area contributed by atoms with Gasteiger partial charge in [0, 0.05) is 38.8 Å². The molecule has 0 atom stereocenters. The molecule has 1 saturated carbocycles. The summed E-state index contributed by atoms with van der Waals surface area (Å²) >= 11 is 0. The molecule has 2 aliphatic rings. The molecule has 1 saturated heterocycles. The summed E-state index contributed by atoms with van der Waals surface area (Å²) in [7, 11) is -1.92. The van der Waals surface area contributed by atoms with Crippen molar-refractivity contribution in [1.82, 2.24) is 14.5 Å². The lowest BCUT2D eigenvalue weighted by molar-refractivity contribution is -0.130. The normalized spacial score (nSPS) is 23.3. The zero-order chi connectivity index (χ0) is 21.6. The Labute approximate surface area is 180 Å². The Balaban J connectivity index is 1.38. The van der Waals surface area contributed by atoms with E-state index in [1.54, 1.807) is 12.0 Å². The van der Waals surface area contributed by atoms with Gasteiger partial charge in [-0.1, -0.05) is 19.1 Å². The van der Waals surface area contributed by atoms with Crippen LogP contribution in [0.25, 0.3) is 0 Å². The first-order valence-corrected chi connectivity index (χ1v) is 12.6. The van der Waals surface area contributed by atoms with Gasteiger partial charge in [0.2, 0.25) is 15.9 Å². The summed E-state index contributed by atoms with van der Waals surface area (Å²) < 4.78 is 32.8. The molecule has 0 unspecified atom stereocenters. The van der Waals surface area contributed by atoms with Crippen molar-refractivity contribution in [2.45, 2.75) is 45.1 Å². The maximum Gasteiger partial charge on any atom is 0.239 e. The van der Waals surface area contributed by atoms with E-state index in [1.165, 1.54) is 5.56 Å². The Morgan fingerprint density at radius 1 is 1.07 bits per heavy atom. The van der Waals surface area contributed by atoms with Crippen molar-refractivity contribution in [2.75, 3.05) is 45.6 Å². The Kier molecular flexibility index (Phi) is 8.13. The molecule has 0 aromatic heterocycles. The van der Waals surface area contributed by atoms with Gasteiger partial charge in [-0.25, -0.2) is 13.1 Å². The number of hydrogen-bond donors (Lipinski definition) is 1. The van der Waals surface area contributed by atoms with E-state index in [9.17, 15) is 13.2 Å². The van der Waals surface area contributed by atoms with Crippen molar-refractivity contribution < 1.29 is 17.9 Å². The van der Waals surface area contributed by atoms with Crippen LogP contribution in [0.2, 0.25) is 0 Å². The van der Waals surface area contributed by atoms with Crippen LogP contribution in [0, 0.1) is 5.92 Å². The molecule has 1 amide bonds. The lowest BCUT2D eigenvalue weighted by atomic mass is 9.88. The van der Waals surface area contributed by atoms with Crippen LogP contribution in [0.1, 0.15) is 38.2 Å². The third kappa shape index (κ3) is 6.96. The lowest BCUT2D eigenvalue weighted by Gasteiger charge is -2.35. The summed E-state index contributed by atoms with van der Waals surface area (Å²) in [6.45, 7) is 5.83. The minimum absolute atomic E-state index is 0.0196. The van der Waals surface area contributed by atoms with E-state index < -0.39 is 15.8 Å². The molecule has 2 fully saturated rings. The molecule has 1 aromatic carbocycles. The summed E-state index contributed by atoms with van der Waals surface area (Å²) in [5.74, 6) is 0.786. The zero-order valence-corrected chi connectivity index (χ0v) is 19.0. The highest BCUT2D eigenvalue weighted by Gasteiger charge is 2.28. The van der Waals surface area contributed by atoms with Gasteiger partial charge < -0.3 is 9.64 Å². The Morgan fingerprint density at radius 2 is 1.70 bits per heavy atom. The van der Waals surface area contributed by atoms with Crippen molar-refractivity contribution in [3.63, 3.8) is 0 Å². The zero-order valence-electron chi connectivity index (χ0n) is 18.2. The second-order valence-electron chi connectivity index (χ2n) is 8.65. The number of rotatable bonds is 8. The van der Waals surface area contributed by atoms with Crippen LogP contribution in [-0.2, 0) is 21.2 Å². The monoisotopic (exact) mass is 437 g/mol. The Morgan fingerprint density at radius 3 is 2.30 bits per heavy atom. The van der Waals surface area contributed by atoms with Crippen LogP contribution in [0.15, 0.2) is 24.3 Å². The summed E-state index contributed by atoms with van der Waals surface area (Å²) in [6, 6.07) is 8.06. The van der Waals surface area contributed by atoms with Gasteiger partial charge >= 0.3 is 0 Å². The second kappa shape index (κ2) is 10.6. The number of piperazine rings is 1. The predicted octanol–water partition coefficient (Wildman–Crippen LogP) is 1.88. The number of methoxy groups -OCH3 is 1. The van der Waals surface area contributed by atoms with Crippen LogP contribution in [0.3, 0.4) is 0 Å². The lowest BCUT2D eigenvalue weighted by Crippen LogP contribution is -2.51.